The normalized spacial score (nSPS) is 13.3. The third-order valence-electron chi connectivity index (χ3n) is 5.58. The Morgan fingerprint density at radius 3 is 2.50 bits per heavy atom. The average molecular weight is 537 g/mol. The van der Waals surface area contributed by atoms with E-state index in [9.17, 15) is 31.5 Å². The molecule has 0 fully saturated rings. The Bertz CT molecular complexity index is 1570. The molecule has 9 nitrogen and oxygen atoms in total. The van der Waals surface area contributed by atoms with Crippen LogP contribution in [-0.2, 0) is 12.7 Å². The number of aromatic amines is 1. The van der Waals surface area contributed by atoms with Crippen molar-refractivity contribution in [3.63, 3.8) is 0 Å². The molecule has 0 aliphatic carbocycles. The summed E-state index contributed by atoms with van der Waals surface area (Å²) in [5, 5.41) is 5.33. The Labute approximate surface area is 210 Å². The van der Waals surface area contributed by atoms with Crippen LogP contribution < -0.4 is 20.6 Å². The van der Waals surface area contributed by atoms with Crippen LogP contribution in [0, 0.1) is 5.82 Å². The van der Waals surface area contributed by atoms with Crippen LogP contribution in [0.15, 0.2) is 52.6 Å². The lowest BCUT2D eigenvalue weighted by atomic mass is 10.1. The van der Waals surface area contributed by atoms with Crippen molar-refractivity contribution in [2.24, 2.45) is 0 Å². The molecule has 0 aliphatic heterocycles. The summed E-state index contributed by atoms with van der Waals surface area (Å²) in [6, 6.07) is 3.90. The second kappa shape index (κ2) is 10.6. The van der Waals surface area contributed by atoms with Gasteiger partial charge in [-0.3, -0.25) is 9.59 Å². The van der Waals surface area contributed by atoms with Crippen molar-refractivity contribution in [1.29, 1.82) is 0 Å². The van der Waals surface area contributed by atoms with Gasteiger partial charge in [0.2, 0.25) is 0 Å². The lowest BCUT2D eigenvalue weighted by Gasteiger charge is -2.19. The van der Waals surface area contributed by atoms with Crippen LogP contribution in [0.1, 0.15) is 18.9 Å². The van der Waals surface area contributed by atoms with E-state index in [1.54, 1.807) is 5.10 Å². The molecule has 0 unspecified atom stereocenters. The summed E-state index contributed by atoms with van der Waals surface area (Å²) in [5.74, 6) is -1.14. The number of benzene rings is 1. The van der Waals surface area contributed by atoms with Gasteiger partial charge in [0, 0.05) is 12.6 Å². The summed E-state index contributed by atoms with van der Waals surface area (Å²) < 4.78 is 80.3. The third-order valence-corrected chi connectivity index (χ3v) is 5.58. The molecule has 0 bridgehead atoms. The highest BCUT2D eigenvalue weighted by atomic mass is 19.4. The first-order valence-corrected chi connectivity index (χ1v) is 11.1. The maximum atomic E-state index is 14.8. The van der Waals surface area contributed by atoms with E-state index in [-0.39, 0.29) is 16.8 Å². The minimum Gasteiger partial charge on any atom is -0.494 e. The minimum atomic E-state index is -5.01. The first-order valence-electron chi connectivity index (χ1n) is 11.1. The molecule has 4 aromatic rings. The highest BCUT2D eigenvalue weighted by Crippen LogP contribution is 2.33. The molecular weight excluding hydrogens is 517 g/mol. The van der Waals surface area contributed by atoms with E-state index in [0.29, 0.717) is 17.3 Å². The fourth-order valence-corrected chi connectivity index (χ4v) is 3.83. The molecule has 200 valence electrons. The summed E-state index contributed by atoms with van der Waals surface area (Å²) in [4.78, 5) is 32.5. The number of fused-ring (bicyclic) bond motifs is 1. The zero-order valence-electron chi connectivity index (χ0n) is 19.9. The van der Waals surface area contributed by atoms with Crippen LogP contribution in [0.5, 0.6) is 11.5 Å². The number of aromatic nitrogens is 5. The van der Waals surface area contributed by atoms with Gasteiger partial charge in [0.25, 0.3) is 11.1 Å². The molecule has 1 aromatic carbocycles. The molecule has 3 heterocycles. The van der Waals surface area contributed by atoms with Crippen LogP contribution in [-0.4, -0.2) is 44.1 Å². The van der Waals surface area contributed by atoms with E-state index < -0.39 is 59.7 Å². The number of H-pyrrole nitrogens is 1. The van der Waals surface area contributed by atoms with Gasteiger partial charge in [0.15, 0.2) is 22.9 Å². The smallest absolute Gasteiger partial charge is 0.425 e. The predicted molar refractivity (Wildman–Crippen MR) is 125 cm³/mol. The summed E-state index contributed by atoms with van der Waals surface area (Å²) in [7, 11) is 1.43. The van der Waals surface area contributed by atoms with Gasteiger partial charge < -0.3 is 14.0 Å². The van der Waals surface area contributed by atoms with E-state index in [4.69, 9.17) is 9.47 Å². The highest BCUT2D eigenvalue weighted by Gasteiger charge is 2.38. The number of pyridine rings is 1. The second-order valence-corrected chi connectivity index (χ2v) is 8.34. The zero-order valence-corrected chi connectivity index (χ0v) is 19.9. The van der Waals surface area contributed by atoms with Crippen molar-refractivity contribution in [2.45, 2.75) is 38.3 Å². The number of rotatable bonds is 8. The van der Waals surface area contributed by atoms with E-state index in [1.807, 2.05) is 0 Å². The Balaban J connectivity index is 1.51. The van der Waals surface area contributed by atoms with Crippen molar-refractivity contribution in [3.8, 4) is 22.9 Å². The van der Waals surface area contributed by atoms with Gasteiger partial charge in [-0.05, 0) is 30.5 Å². The number of ether oxygens (including phenoxy) is 2. The maximum absolute atomic E-state index is 14.8. The van der Waals surface area contributed by atoms with Gasteiger partial charge >= 0.3 is 6.18 Å². The van der Waals surface area contributed by atoms with Crippen LogP contribution in [0.25, 0.3) is 22.2 Å². The number of halogens is 5. The fourth-order valence-electron chi connectivity index (χ4n) is 3.83. The summed E-state index contributed by atoms with van der Waals surface area (Å²) in [6.45, 7) is 0.850. The number of nitrogens with zero attached hydrogens (tertiary/aromatic N) is 4. The van der Waals surface area contributed by atoms with Crippen LogP contribution in [0.4, 0.5) is 22.0 Å². The first-order chi connectivity index (χ1) is 18.0. The molecule has 3 aromatic heterocycles. The molecule has 0 saturated heterocycles. The van der Waals surface area contributed by atoms with E-state index >= 15 is 0 Å². The summed E-state index contributed by atoms with van der Waals surface area (Å²) in [5.41, 5.74) is -3.69. The van der Waals surface area contributed by atoms with Crippen molar-refractivity contribution < 1.29 is 31.4 Å². The molecular formula is C24H20F5N5O4. The number of alkyl halides is 4. The lowest BCUT2D eigenvalue weighted by Crippen LogP contribution is -2.29. The monoisotopic (exact) mass is 537 g/mol. The van der Waals surface area contributed by atoms with E-state index in [0.717, 1.165) is 10.6 Å². The number of nitrogens with one attached hydrogen (secondary N) is 1. The summed E-state index contributed by atoms with van der Waals surface area (Å²) >= 11 is 0. The second-order valence-electron chi connectivity index (χ2n) is 8.34. The van der Waals surface area contributed by atoms with Crippen LogP contribution in [0.2, 0.25) is 0 Å². The molecule has 1 N–H and O–H groups in total. The molecule has 0 aliphatic rings. The topological polar surface area (TPSA) is 112 Å². The van der Waals surface area contributed by atoms with Crippen molar-refractivity contribution in [3.05, 3.63) is 75.1 Å². The van der Waals surface area contributed by atoms with Crippen molar-refractivity contribution in [1.82, 2.24) is 24.7 Å². The van der Waals surface area contributed by atoms with E-state index in [1.165, 1.54) is 44.8 Å². The Kier molecular flexibility index (Phi) is 7.41. The standard InChI is InChI=1S/C24H20F5N5O4/c1-12(38-19-10-32-33-22(35)20(19)24(27,28)29)5-14(25)11-34-4-3-13-6-17(18(26)7-16(13)23(34)36)21-30-8-15(37-2)9-31-21/h3-4,6-10,12,14H,5,11H2,1-2H3,(H,33,35)/t12-,14+/m0/s1. The molecule has 0 amide bonds. The minimum absolute atomic E-state index is 0.0110. The van der Waals surface area contributed by atoms with Crippen molar-refractivity contribution in [2.75, 3.05) is 7.11 Å². The van der Waals surface area contributed by atoms with Crippen molar-refractivity contribution >= 4 is 10.8 Å². The largest absolute Gasteiger partial charge is 0.494 e. The molecule has 14 heteroatoms. The molecule has 2 atom stereocenters. The molecule has 4 rings (SSSR count). The number of hydrogen-bond acceptors (Lipinski definition) is 7. The highest BCUT2D eigenvalue weighted by molar-refractivity contribution is 5.86. The lowest BCUT2D eigenvalue weighted by molar-refractivity contribution is -0.140. The molecule has 0 saturated carbocycles. The van der Waals surface area contributed by atoms with Gasteiger partial charge in [0.05, 0.1) is 49.3 Å². The Morgan fingerprint density at radius 1 is 1.13 bits per heavy atom. The van der Waals surface area contributed by atoms with Gasteiger partial charge in [-0.1, -0.05) is 0 Å². The van der Waals surface area contributed by atoms with E-state index in [2.05, 4.69) is 15.1 Å². The van der Waals surface area contributed by atoms with Gasteiger partial charge in [-0.15, -0.1) is 0 Å². The molecule has 0 radical (unpaired) electrons. The van der Waals surface area contributed by atoms with Crippen LogP contribution >= 0.6 is 0 Å². The predicted octanol–water partition coefficient (Wildman–Crippen LogP) is 3.90. The zero-order chi connectivity index (χ0) is 27.6. The quantitative estimate of drug-likeness (QED) is 0.339. The number of methoxy groups -OCH3 is 1. The SMILES string of the molecule is COc1cnc(-c2cc3ccn(C[C@H](F)C[C@H](C)Oc4cn[nH]c(=O)c4C(F)(F)F)c(=O)c3cc2F)nc1. The maximum Gasteiger partial charge on any atom is 0.425 e. The average Bonchev–Trinajstić information content (AvgIpc) is 2.85. The molecule has 0 spiro atoms. The third kappa shape index (κ3) is 5.63. The number of hydrogen-bond donors (Lipinski definition) is 1. The Morgan fingerprint density at radius 2 is 1.84 bits per heavy atom. The molecule has 38 heavy (non-hydrogen) atoms. The van der Waals surface area contributed by atoms with Gasteiger partial charge in [-0.2, -0.15) is 18.3 Å². The first kappa shape index (κ1) is 26.7. The van der Waals surface area contributed by atoms with Gasteiger partial charge in [-0.25, -0.2) is 23.8 Å². The Hall–Kier alpha value is -4.36. The van der Waals surface area contributed by atoms with Gasteiger partial charge in [0.1, 0.15) is 12.0 Å². The van der Waals surface area contributed by atoms with Crippen LogP contribution in [0.3, 0.4) is 0 Å². The fraction of sp³-hybridized carbons (Fsp3) is 0.292. The summed E-state index contributed by atoms with van der Waals surface area (Å²) in [6.07, 6.45) is -3.50.